The molecule has 106 valence electrons. The van der Waals surface area contributed by atoms with E-state index >= 15 is 0 Å². The van der Waals surface area contributed by atoms with Gasteiger partial charge in [0.2, 0.25) is 5.88 Å². The fourth-order valence-corrected chi connectivity index (χ4v) is 2.12. The third-order valence-electron chi connectivity index (χ3n) is 3.48. The Kier molecular flexibility index (Phi) is 5.75. The maximum atomic E-state index is 6.03. The molecule has 0 spiro atoms. The van der Waals surface area contributed by atoms with Gasteiger partial charge in [-0.1, -0.05) is 32.9 Å². The predicted molar refractivity (Wildman–Crippen MR) is 82.0 cm³/mol. The molecule has 0 fully saturated rings. The number of ether oxygens (including phenoxy) is 1. The van der Waals surface area contributed by atoms with E-state index in [4.69, 9.17) is 9.16 Å². The van der Waals surface area contributed by atoms with Crippen LogP contribution in [0.15, 0.2) is 36.5 Å². The molecule has 0 radical (unpaired) electrons. The first-order valence-corrected chi connectivity index (χ1v) is 9.56. The second kappa shape index (κ2) is 6.87. The van der Waals surface area contributed by atoms with E-state index in [1.54, 1.807) is 6.20 Å². The standard InChI is InChI=1S/C15H25NO2Si/c1-15(2,3)19(4,5)18-13-9-8-12-17-14-10-6-7-11-16-14/h6-11H,12-13H2,1-5H3/b9-8+. The van der Waals surface area contributed by atoms with E-state index in [2.05, 4.69) is 38.8 Å². The van der Waals surface area contributed by atoms with Crippen LogP contribution in [0.5, 0.6) is 5.88 Å². The van der Waals surface area contributed by atoms with Crippen molar-refractivity contribution in [1.29, 1.82) is 0 Å². The molecule has 0 aliphatic heterocycles. The lowest BCUT2D eigenvalue weighted by Gasteiger charge is -2.35. The number of aromatic nitrogens is 1. The average Bonchev–Trinajstić information content (AvgIpc) is 2.33. The first-order valence-electron chi connectivity index (χ1n) is 6.66. The summed E-state index contributed by atoms with van der Waals surface area (Å²) in [6, 6.07) is 5.63. The molecular weight excluding hydrogens is 254 g/mol. The van der Waals surface area contributed by atoms with Crippen molar-refractivity contribution in [1.82, 2.24) is 4.98 Å². The van der Waals surface area contributed by atoms with Crippen molar-refractivity contribution < 1.29 is 9.16 Å². The Hall–Kier alpha value is -1.13. The van der Waals surface area contributed by atoms with Gasteiger partial charge in [-0.05, 0) is 30.3 Å². The van der Waals surface area contributed by atoms with Gasteiger partial charge in [0.1, 0.15) is 6.61 Å². The molecule has 0 aliphatic rings. The van der Waals surface area contributed by atoms with Crippen molar-refractivity contribution >= 4 is 8.32 Å². The summed E-state index contributed by atoms with van der Waals surface area (Å²) in [7, 11) is -1.63. The molecule has 0 bridgehead atoms. The van der Waals surface area contributed by atoms with Crippen LogP contribution >= 0.6 is 0 Å². The lowest BCUT2D eigenvalue weighted by atomic mass is 10.2. The van der Waals surface area contributed by atoms with Gasteiger partial charge in [0.25, 0.3) is 0 Å². The summed E-state index contributed by atoms with van der Waals surface area (Å²) >= 11 is 0. The van der Waals surface area contributed by atoms with Gasteiger partial charge in [-0.25, -0.2) is 4.98 Å². The van der Waals surface area contributed by atoms with E-state index in [1.165, 1.54) is 0 Å². The molecule has 1 aromatic heterocycles. The Morgan fingerprint density at radius 1 is 1.16 bits per heavy atom. The molecule has 1 aromatic rings. The zero-order valence-corrected chi connectivity index (χ0v) is 13.6. The van der Waals surface area contributed by atoms with Gasteiger partial charge in [-0.3, -0.25) is 0 Å². The summed E-state index contributed by atoms with van der Waals surface area (Å²) in [5.74, 6) is 0.650. The third kappa shape index (κ3) is 5.57. The van der Waals surface area contributed by atoms with Crippen LogP contribution in [0.4, 0.5) is 0 Å². The van der Waals surface area contributed by atoms with E-state index in [-0.39, 0.29) is 5.04 Å². The molecule has 0 unspecified atom stereocenters. The smallest absolute Gasteiger partial charge is 0.213 e. The van der Waals surface area contributed by atoms with Crippen LogP contribution in [0.25, 0.3) is 0 Å². The van der Waals surface area contributed by atoms with Crippen LogP contribution < -0.4 is 4.74 Å². The number of rotatable bonds is 6. The fourth-order valence-electron chi connectivity index (χ4n) is 1.17. The first-order chi connectivity index (χ1) is 8.83. The van der Waals surface area contributed by atoms with Crippen LogP contribution in [0.3, 0.4) is 0 Å². The molecular formula is C15H25NO2Si. The van der Waals surface area contributed by atoms with E-state index < -0.39 is 8.32 Å². The molecule has 0 aromatic carbocycles. The maximum Gasteiger partial charge on any atom is 0.213 e. The van der Waals surface area contributed by atoms with Crippen LogP contribution in [0, 0.1) is 0 Å². The van der Waals surface area contributed by atoms with Crippen molar-refractivity contribution in [3.63, 3.8) is 0 Å². The van der Waals surface area contributed by atoms with Gasteiger partial charge in [0.05, 0.1) is 6.61 Å². The molecule has 1 heterocycles. The monoisotopic (exact) mass is 279 g/mol. The van der Waals surface area contributed by atoms with Gasteiger partial charge < -0.3 is 9.16 Å². The minimum Gasteiger partial charge on any atom is -0.473 e. The summed E-state index contributed by atoms with van der Waals surface area (Å²) in [5.41, 5.74) is 0. The first kappa shape index (κ1) is 15.9. The Morgan fingerprint density at radius 3 is 2.42 bits per heavy atom. The summed E-state index contributed by atoms with van der Waals surface area (Å²) in [5, 5.41) is 0.255. The highest BCUT2D eigenvalue weighted by molar-refractivity contribution is 6.74. The summed E-state index contributed by atoms with van der Waals surface area (Å²) in [6.07, 6.45) is 5.71. The lowest BCUT2D eigenvalue weighted by molar-refractivity contribution is 0.323. The normalized spacial score (nSPS) is 12.9. The second-order valence-corrected chi connectivity index (χ2v) is 10.8. The molecule has 0 atom stereocenters. The Labute approximate surface area is 117 Å². The minimum atomic E-state index is -1.63. The van der Waals surface area contributed by atoms with Crippen LogP contribution in [-0.4, -0.2) is 26.5 Å². The van der Waals surface area contributed by atoms with Gasteiger partial charge in [-0.2, -0.15) is 0 Å². The minimum absolute atomic E-state index is 0.255. The molecule has 3 nitrogen and oxygen atoms in total. The number of pyridine rings is 1. The molecule has 4 heteroatoms. The highest BCUT2D eigenvalue weighted by Gasteiger charge is 2.36. The number of hydrogen-bond donors (Lipinski definition) is 0. The zero-order chi connectivity index (χ0) is 14.4. The van der Waals surface area contributed by atoms with Crippen molar-refractivity contribution in [2.24, 2.45) is 0 Å². The molecule has 0 aliphatic carbocycles. The molecule has 1 rings (SSSR count). The molecule has 0 N–H and O–H groups in total. The van der Waals surface area contributed by atoms with Crippen LogP contribution in [-0.2, 0) is 4.43 Å². The van der Waals surface area contributed by atoms with Crippen LogP contribution in [0.2, 0.25) is 18.1 Å². The lowest BCUT2D eigenvalue weighted by Crippen LogP contribution is -2.40. The predicted octanol–water partition coefficient (Wildman–Crippen LogP) is 4.04. The molecule has 0 amide bonds. The van der Waals surface area contributed by atoms with Crippen molar-refractivity contribution in [2.75, 3.05) is 13.2 Å². The van der Waals surface area contributed by atoms with Gasteiger partial charge in [-0.15, -0.1) is 0 Å². The quantitative estimate of drug-likeness (QED) is 0.582. The summed E-state index contributed by atoms with van der Waals surface area (Å²) in [4.78, 5) is 4.09. The summed E-state index contributed by atoms with van der Waals surface area (Å²) < 4.78 is 11.5. The SMILES string of the molecule is CC(C)(C)[Si](C)(C)OC/C=C/COc1ccccn1. The largest absolute Gasteiger partial charge is 0.473 e. The van der Waals surface area contributed by atoms with E-state index in [0.717, 1.165) is 0 Å². The Morgan fingerprint density at radius 2 is 1.84 bits per heavy atom. The van der Waals surface area contributed by atoms with Crippen molar-refractivity contribution in [2.45, 2.75) is 38.9 Å². The van der Waals surface area contributed by atoms with Crippen molar-refractivity contribution in [3.05, 3.63) is 36.5 Å². The Bertz CT molecular complexity index is 396. The highest BCUT2D eigenvalue weighted by atomic mass is 28.4. The zero-order valence-electron chi connectivity index (χ0n) is 12.6. The van der Waals surface area contributed by atoms with Crippen LogP contribution in [0.1, 0.15) is 20.8 Å². The number of hydrogen-bond acceptors (Lipinski definition) is 3. The third-order valence-corrected chi connectivity index (χ3v) is 7.98. The Balaban J connectivity index is 2.25. The van der Waals surface area contributed by atoms with Gasteiger partial charge >= 0.3 is 0 Å². The highest BCUT2D eigenvalue weighted by Crippen LogP contribution is 2.36. The fraction of sp³-hybridized carbons (Fsp3) is 0.533. The van der Waals surface area contributed by atoms with E-state index in [9.17, 15) is 0 Å². The van der Waals surface area contributed by atoms with E-state index in [0.29, 0.717) is 19.1 Å². The topological polar surface area (TPSA) is 31.4 Å². The van der Waals surface area contributed by atoms with E-state index in [1.807, 2.05) is 30.4 Å². The average molecular weight is 279 g/mol. The molecule has 19 heavy (non-hydrogen) atoms. The number of nitrogens with zero attached hydrogens (tertiary/aromatic N) is 1. The van der Waals surface area contributed by atoms with Gasteiger partial charge in [0.15, 0.2) is 8.32 Å². The molecule has 0 saturated heterocycles. The summed E-state index contributed by atoms with van der Waals surface area (Å²) in [6.45, 7) is 12.4. The van der Waals surface area contributed by atoms with Gasteiger partial charge in [0, 0.05) is 12.3 Å². The second-order valence-electron chi connectivity index (χ2n) is 6.02. The molecule has 0 saturated carbocycles. The maximum absolute atomic E-state index is 6.03. The van der Waals surface area contributed by atoms with Crippen molar-refractivity contribution in [3.8, 4) is 5.88 Å².